The average Bonchev–Trinajstić information content (AvgIpc) is 3.66. The first-order valence-electron chi connectivity index (χ1n) is 28.6. The summed E-state index contributed by atoms with van der Waals surface area (Å²) in [5.74, 6) is 0.281. The number of carbonyl (C=O) groups is 7. The van der Waals surface area contributed by atoms with Crippen LogP contribution in [0.3, 0.4) is 0 Å². The molecule has 6 amide bonds. The predicted octanol–water partition coefficient (Wildman–Crippen LogP) is 7.74. The molecule has 0 spiro atoms. The molecule has 20 nitrogen and oxygen atoms in total. The zero-order valence-corrected chi connectivity index (χ0v) is 48.2. The maximum Gasteiger partial charge on any atom is 0.329 e. The first kappa shape index (κ1) is 61.6. The van der Waals surface area contributed by atoms with Crippen molar-refractivity contribution in [3.05, 3.63) is 101 Å². The molecule has 3 aliphatic rings. The van der Waals surface area contributed by atoms with Crippen molar-refractivity contribution in [2.24, 2.45) is 0 Å². The van der Waals surface area contributed by atoms with Gasteiger partial charge in [-0.1, -0.05) is 63.3 Å². The van der Waals surface area contributed by atoms with Gasteiger partial charge < -0.3 is 58.9 Å². The Morgan fingerprint density at radius 3 is 2.05 bits per heavy atom. The number of anilines is 1. The molecular formula is C62H80N6O14. The summed E-state index contributed by atoms with van der Waals surface area (Å²) in [6, 6.07) is 20.2. The van der Waals surface area contributed by atoms with Gasteiger partial charge >= 0.3 is 5.97 Å². The van der Waals surface area contributed by atoms with Gasteiger partial charge in [0.05, 0.1) is 48.0 Å². The fourth-order valence-corrected chi connectivity index (χ4v) is 10.9. The third-order valence-electron chi connectivity index (χ3n) is 15.3. The number of aryl methyl sites for hydroxylation is 1. The van der Waals surface area contributed by atoms with Crippen molar-refractivity contribution in [2.75, 3.05) is 73.7 Å². The van der Waals surface area contributed by atoms with Crippen molar-refractivity contribution in [2.45, 2.75) is 134 Å². The number of nitrogens with zero attached hydrogens (tertiary/aromatic N) is 2. The predicted molar refractivity (Wildman–Crippen MR) is 306 cm³/mol. The van der Waals surface area contributed by atoms with E-state index in [9.17, 15) is 33.6 Å². The van der Waals surface area contributed by atoms with E-state index in [0.29, 0.717) is 96.6 Å². The number of hydrogen-bond acceptors (Lipinski definition) is 15. The number of methoxy groups -OCH3 is 5. The van der Waals surface area contributed by atoms with E-state index in [1.54, 1.807) is 61.6 Å². The molecule has 1 unspecified atom stereocenters. The van der Waals surface area contributed by atoms with Gasteiger partial charge in [-0.3, -0.25) is 34.1 Å². The SMILES string of the molecule is CCC[C@H](C(=O)N1CCCC[C@H]1C(=O)O[C@H](CCc1ccc(OC)c(OC)c1)c1ccc(OCC(=O)NCCCCCCCCNC(=O)CNc2cccc3c2CN(C2CCC(=O)NC2=O)C3=O)cc1)c1cc(OC)c(OC)c(OC)c1. The topological polar surface area (TPSA) is 239 Å². The van der Waals surface area contributed by atoms with Crippen LogP contribution in [0.1, 0.15) is 141 Å². The lowest BCUT2D eigenvalue weighted by Crippen LogP contribution is -2.52. The van der Waals surface area contributed by atoms with Gasteiger partial charge in [-0.15, -0.1) is 0 Å². The molecule has 7 rings (SSSR count). The number of likely N-dealkylation sites (tertiary alicyclic amines) is 1. The molecule has 0 radical (unpaired) electrons. The molecule has 442 valence electrons. The van der Waals surface area contributed by atoms with Gasteiger partial charge in [0.2, 0.25) is 29.4 Å². The summed E-state index contributed by atoms with van der Waals surface area (Å²) in [7, 11) is 7.77. The van der Waals surface area contributed by atoms with Crippen LogP contribution >= 0.6 is 0 Å². The maximum atomic E-state index is 14.7. The van der Waals surface area contributed by atoms with Crippen LogP contribution in [0.2, 0.25) is 0 Å². The Hall–Kier alpha value is -8.03. The summed E-state index contributed by atoms with van der Waals surface area (Å²) >= 11 is 0. The van der Waals surface area contributed by atoms with Crippen LogP contribution in [0, 0.1) is 0 Å². The molecule has 4 N–H and O–H groups in total. The first-order valence-corrected chi connectivity index (χ1v) is 28.6. The number of hydrogen-bond donors (Lipinski definition) is 4. The minimum absolute atomic E-state index is 0.0308. The number of piperidine rings is 2. The molecule has 2 fully saturated rings. The van der Waals surface area contributed by atoms with Crippen LogP contribution in [-0.2, 0) is 46.5 Å². The van der Waals surface area contributed by atoms with Crippen molar-refractivity contribution >= 4 is 47.1 Å². The van der Waals surface area contributed by atoms with Gasteiger partial charge in [-0.25, -0.2) is 4.79 Å². The fourth-order valence-electron chi connectivity index (χ4n) is 10.9. The zero-order chi connectivity index (χ0) is 58.5. The molecule has 0 aliphatic carbocycles. The van der Waals surface area contributed by atoms with Crippen molar-refractivity contribution in [3.8, 4) is 34.5 Å². The number of rotatable bonds is 31. The Balaban J connectivity index is 0.841. The molecule has 3 heterocycles. The Bertz CT molecular complexity index is 2840. The van der Waals surface area contributed by atoms with Crippen LogP contribution in [0.15, 0.2) is 72.8 Å². The van der Waals surface area contributed by atoms with E-state index in [1.807, 2.05) is 37.3 Å². The van der Waals surface area contributed by atoms with E-state index in [4.69, 9.17) is 33.2 Å². The van der Waals surface area contributed by atoms with Crippen molar-refractivity contribution < 1.29 is 66.7 Å². The number of carbonyl (C=O) groups excluding carboxylic acids is 7. The highest BCUT2D eigenvalue weighted by molar-refractivity contribution is 6.06. The highest BCUT2D eigenvalue weighted by Crippen LogP contribution is 2.42. The van der Waals surface area contributed by atoms with E-state index in [1.165, 1.54) is 26.2 Å². The maximum absolute atomic E-state index is 14.7. The van der Waals surface area contributed by atoms with Crippen molar-refractivity contribution in [1.82, 2.24) is 25.8 Å². The molecule has 20 heteroatoms. The Kier molecular flexibility index (Phi) is 23.1. The third-order valence-corrected chi connectivity index (χ3v) is 15.3. The molecule has 0 saturated carbocycles. The van der Waals surface area contributed by atoms with Crippen LogP contribution in [0.4, 0.5) is 5.69 Å². The zero-order valence-electron chi connectivity index (χ0n) is 48.2. The van der Waals surface area contributed by atoms with Gasteiger partial charge in [0.25, 0.3) is 11.8 Å². The summed E-state index contributed by atoms with van der Waals surface area (Å²) in [5, 5.41) is 11.3. The number of amides is 6. The summed E-state index contributed by atoms with van der Waals surface area (Å²) in [6.07, 6.45) is 9.45. The van der Waals surface area contributed by atoms with Gasteiger partial charge in [0, 0.05) is 49.4 Å². The Morgan fingerprint density at radius 2 is 1.39 bits per heavy atom. The lowest BCUT2D eigenvalue weighted by atomic mass is 9.90. The molecule has 4 aromatic rings. The number of nitrogens with one attached hydrogen (secondary N) is 4. The lowest BCUT2D eigenvalue weighted by molar-refractivity contribution is -0.162. The number of imide groups is 1. The summed E-state index contributed by atoms with van der Waals surface area (Å²) in [6.45, 7) is 3.56. The van der Waals surface area contributed by atoms with Crippen LogP contribution in [0.5, 0.6) is 34.5 Å². The first-order chi connectivity index (χ1) is 39.8. The fraction of sp³-hybridized carbons (Fsp3) is 0.500. The van der Waals surface area contributed by atoms with E-state index in [-0.39, 0.29) is 62.1 Å². The smallest absolute Gasteiger partial charge is 0.329 e. The Morgan fingerprint density at radius 1 is 0.707 bits per heavy atom. The molecule has 3 aliphatic heterocycles. The Labute approximate surface area is 480 Å². The molecule has 82 heavy (non-hydrogen) atoms. The quantitative estimate of drug-likeness (QED) is 0.0214. The summed E-state index contributed by atoms with van der Waals surface area (Å²) in [5.41, 5.74) is 4.25. The number of esters is 1. The largest absolute Gasteiger partial charge is 0.493 e. The normalized spacial score (nSPS) is 16.5. The van der Waals surface area contributed by atoms with Gasteiger partial charge in [0.1, 0.15) is 23.9 Å². The summed E-state index contributed by atoms with van der Waals surface area (Å²) < 4.78 is 40.1. The molecule has 4 atom stereocenters. The third kappa shape index (κ3) is 16.1. The van der Waals surface area contributed by atoms with Crippen LogP contribution in [-0.4, -0.2) is 132 Å². The van der Waals surface area contributed by atoms with Gasteiger partial charge in [0.15, 0.2) is 29.6 Å². The second-order valence-corrected chi connectivity index (χ2v) is 20.8. The van der Waals surface area contributed by atoms with E-state index in [2.05, 4.69) is 21.3 Å². The van der Waals surface area contributed by atoms with E-state index >= 15 is 0 Å². The average molecular weight is 1130 g/mol. The second kappa shape index (κ2) is 30.7. The van der Waals surface area contributed by atoms with Gasteiger partial charge in [-0.05, 0) is 123 Å². The molecule has 2 saturated heterocycles. The monoisotopic (exact) mass is 1130 g/mol. The highest BCUT2D eigenvalue weighted by atomic mass is 16.5. The van der Waals surface area contributed by atoms with E-state index in [0.717, 1.165) is 74.5 Å². The number of benzene rings is 4. The number of fused-ring (bicyclic) bond motifs is 1. The standard InChI is InChI=1S/C62H80N6O14/c1-7-17-44(42-35-53(78-4)58(80-6)54(36-42)79-5)60(73)67-33-15-12-20-49(67)62(75)82-50(28-21-40-22-29-51(76-2)52(34-40)77-3)41-23-25-43(26-24-41)81-39-57(71)64-32-14-11-9-8-10-13-31-63-56(70)37-65-47-19-16-18-45-46(47)38-68(61(45)74)48-27-30-55(69)66-59(48)72/h16,18-19,22-26,29,34-36,44,48-50,65H,7-15,17,20-21,27-28,30-33,37-39H2,1-6H3,(H,63,70)(H,64,71)(H,66,69,72)/t44-,48?,49-,50+/m0/s1. The highest BCUT2D eigenvalue weighted by Gasteiger charge is 2.41. The van der Waals surface area contributed by atoms with Crippen molar-refractivity contribution in [1.29, 1.82) is 0 Å². The molecule has 0 aromatic heterocycles. The van der Waals surface area contributed by atoms with E-state index < -0.39 is 36.0 Å². The number of unbranched alkanes of at least 4 members (excludes halogenated alkanes) is 5. The minimum Gasteiger partial charge on any atom is -0.493 e. The second-order valence-electron chi connectivity index (χ2n) is 20.8. The molecule has 0 bridgehead atoms. The molecular weight excluding hydrogens is 1050 g/mol. The van der Waals surface area contributed by atoms with Crippen molar-refractivity contribution in [3.63, 3.8) is 0 Å². The lowest BCUT2D eigenvalue weighted by Gasteiger charge is -2.37. The number of ether oxygens (including phenoxy) is 7. The summed E-state index contributed by atoms with van der Waals surface area (Å²) in [4.78, 5) is 95.0. The minimum atomic E-state index is -0.792. The van der Waals surface area contributed by atoms with Gasteiger partial charge in [-0.2, -0.15) is 0 Å². The van der Waals surface area contributed by atoms with Crippen LogP contribution < -0.4 is 49.7 Å². The van der Waals surface area contributed by atoms with Crippen LogP contribution in [0.25, 0.3) is 0 Å². The molecule has 4 aromatic carbocycles.